The topological polar surface area (TPSA) is 0 Å². The number of unbranched alkanes of at least 4 members (excludes halogenated alkanes) is 7. The van der Waals surface area contributed by atoms with E-state index in [0.29, 0.717) is 23.1 Å². The molecular formula is C37H45F3. The maximum atomic E-state index is 15.2. The highest BCUT2D eigenvalue weighted by Crippen LogP contribution is 2.35. The first kappa shape index (κ1) is 30.2. The zero-order valence-electron chi connectivity index (χ0n) is 24.4. The lowest BCUT2D eigenvalue weighted by molar-refractivity contribution is 0.423. The van der Waals surface area contributed by atoms with Crippen molar-refractivity contribution in [2.24, 2.45) is 5.92 Å². The smallest absolute Gasteiger partial charge is 0.166 e. The molecule has 0 amide bonds. The third kappa shape index (κ3) is 7.89. The molecule has 1 aliphatic rings. The summed E-state index contributed by atoms with van der Waals surface area (Å²) in [7, 11) is 0. The molecule has 0 bridgehead atoms. The Bertz CT molecular complexity index is 1260. The molecule has 1 unspecified atom stereocenters. The van der Waals surface area contributed by atoms with Gasteiger partial charge in [0.15, 0.2) is 11.6 Å². The van der Waals surface area contributed by atoms with Gasteiger partial charge in [-0.05, 0) is 71.9 Å². The summed E-state index contributed by atoms with van der Waals surface area (Å²) in [5.41, 5.74) is 4.71. The van der Waals surface area contributed by atoms with Crippen molar-refractivity contribution >= 4 is 5.57 Å². The van der Waals surface area contributed by atoms with E-state index in [1.807, 2.05) is 12.1 Å². The maximum Gasteiger partial charge on any atom is 0.166 e. The van der Waals surface area contributed by atoms with Gasteiger partial charge in [0, 0.05) is 11.1 Å². The van der Waals surface area contributed by atoms with E-state index in [1.54, 1.807) is 42.5 Å². The van der Waals surface area contributed by atoms with Crippen LogP contribution >= 0.6 is 0 Å². The second-order valence-corrected chi connectivity index (χ2v) is 11.6. The van der Waals surface area contributed by atoms with Gasteiger partial charge in [-0.15, -0.1) is 0 Å². The molecule has 40 heavy (non-hydrogen) atoms. The quantitative estimate of drug-likeness (QED) is 0.176. The monoisotopic (exact) mass is 546 g/mol. The summed E-state index contributed by atoms with van der Waals surface area (Å²) in [4.78, 5) is 0. The molecule has 0 heterocycles. The van der Waals surface area contributed by atoms with E-state index in [4.69, 9.17) is 0 Å². The van der Waals surface area contributed by atoms with Crippen molar-refractivity contribution in [1.82, 2.24) is 0 Å². The van der Waals surface area contributed by atoms with Gasteiger partial charge in [-0.1, -0.05) is 126 Å². The first-order chi connectivity index (χ1) is 19.5. The van der Waals surface area contributed by atoms with E-state index in [1.165, 1.54) is 50.5 Å². The van der Waals surface area contributed by atoms with Crippen LogP contribution in [0.4, 0.5) is 13.2 Å². The fourth-order valence-electron chi connectivity index (χ4n) is 5.98. The average Bonchev–Trinajstić information content (AvgIpc) is 2.98. The number of benzene rings is 3. The molecular weight excluding hydrogens is 501 g/mol. The average molecular weight is 547 g/mol. The Labute approximate surface area is 239 Å². The van der Waals surface area contributed by atoms with Crippen LogP contribution in [0.5, 0.6) is 0 Å². The summed E-state index contributed by atoms with van der Waals surface area (Å²) in [6.45, 7) is 4.38. The van der Waals surface area contributed by atoms with Crippen molar-refractivity contribution in [1.29, 1.82) is 0 Å². The van der Waals surface area contributed by atoms with E-state index in [9.17, 15) is 8.78 Å². The van der Waals surface area contributed by atoms with Crippen LogP contribution < -0.4 is 0 Å². The van der Waals surface area contributed by atoms with Gasteiger partial charge in [0.2, 0.25) is 0 Å². The lowest BCUT2D eigenvalue weighted by Crippen LogP contribution is -2.05. The Morgan fingerprint density at radius 1 is 0.650 bits per heavy atom. The molecule has 0 radical (unpaired) electrons. The molecule has 3 aromatic carbocycles. The highest BCUT2D eigenvalue weighted by Gasteiger charge is 2.18. The summed E-state index contributed by atoms with van der Waals surface area (Å²) in [6.07, 6.45) is 18.2. The zero-order chi connectivity index (χ0) is 28.3. The van der Waals surface area contributed by atoms with Crippen molar-refractivity contribution in [3.8, 4) is 22.3 Å². The number of aryl methyl sites for hydroxylation is 1. The molecule has 4 rings (SSSR count). The van der Waals surface area contributed by atoms with Crippen LogP contribution in [0.25, 0.3) is 27.8 Å². The minimum Gasteiger partial charge on any atom is -0.206 e. The van der Waals surface area contributed by atoms with Gasteiger partial charge in [0.1, 0.15) is 5.82 Å². The lowest BCUT2D eigenvalue weighted by atomic mass is 9.83. The molecule has 0 saturated carbocycles. The molecule has 0 N–H and O–H groups in total. The van der Waals surface area contributed by atoms with Crippen LogP contribution in [-0.2, 0) is 6.42 Å². The number of hydrogen-bond donors (Lipinski definition) is 0. The van der Waals surface area contributed by atoms with Crippen LogP contribution in [0.15, 0.2) is 60.7 Å². The van der Waals surface area contributed by atoms with E-state index in [2.05, 4.69) is 19.9 Å². The summed E-state index contributed by atoms with van der Waals surface area (Å²) in [6, 6.07) is 15.9. The first-order valence-corrected chi connectivity index (χ1v) is 15.6. The van der Waals surface area contributed by atoms with Crippen LogP contribution in [0.1, 0.15) is 108 Å². The molecule has 3 aromatic rings. The van der Waals surface area contributed by atoms with Gasteiger partial charge >= 0.3 is 0 Å². The third-order valence-electron chi connectivity index (χ3n) is 8.54. The van der Waals surface area contributed by atoms with Crippen molar-refractivity contribution < 1.29 is 13.2 Å². The predicted octanol–water partition coefficient (Wildman–Crippen LogP) is 12.1. The number of hydrogen-bond acceptors (Lipinski definition) is 0. The number of rotatable bonds is 14. The molecule has 0 nitrogen and oxygen atoms in total. The molecule has 0 spiro atoms. The molecule has 3 heteroatoms. The Morgan fingerprint density at radius 2 is 1.27 bits per heavy atom. The Hall–Kier alpha value is -2.81. The fraction of sp³-hybridized carbons (Fsp3) is 0.459. The molecule has 1 aliphatic carbocycles. The van der Waals surface area contributed by atoms with Gasteiger partial charge in [-0.3, -0.25) is 0 Å². The molecule has 214 valence electrons. The van der Waals surface area contributed by atoms with Gasteiger partial charge in [0.25, 0.3) is 0 Å². The Kier molecular flexibility index (Phi) is 11.5. The highest BCUT2D eigenvalue weighted by atomic mass is 19.2. The van der Waals surface area contributed by atoms with Crippen LogP contribution in [0, 0.1) is 23.4 Å². The standard InChI is InChI=1S/C37H45F3/c1-3-5-7-9-10-12-27-14-16-28(17-15-27)32-23-24-33(35(38)26-32)29-18-20-30(21-19-29)34-25-22-31(36(39)37(34)40)13-11-8-6-4-2/h16,18-27H,3-15,17H2,1-2H3. The summed E-state index contributed by atoms with van der Waals surface area (Å²) in [5.74, 6) is -1.06. The summed E-state index contributed by atoms with van der Waals surface area (Å²) < 4.78 is 44.9. The van der Waals surface area contributed by atoms with Gasteiger partial charge in [-0.25, -0.2) is 13.2 Å². The Morgan fingerprint density at radius 3 is 1.93 bits per heavy atom. The SMILES string of the molecule is CCCCCCCC1CC=C(c2ccc(-c3ccc(-c4ccc(CCCCCC)c(F)c4F)cc3)c(F)c2)CC1. The highest BCUT2D eigenvalue weighted by molar-refractivity contribution is 5.74. The fourth-order valence-corrected chi connectivity index (χ4v) is 5.98. The maximum absolute atomic E-state index is 15.2. The van der Waals surface area contributed by atoms with E-state index >= 15 is 4.39 Å². The summed E-state index contributed by atoms with van der Waals surface area (Å²) in [5, 5.41) is 0. The molecule has 1 atom stereocenters. The van der Waals surface area contributed by atoms with Gasteiger partial charge in [0.05, 0.1) is 0 Å². The van der Waals surface area contributed by atoms with Gasteiger partial charge < -0.3 is 0 Å². The summed E-state index contributed by atoms with van der Waals surface area (Å²) >= 11 is 0. The Balaban J connectivity index is 1.39. The van der Waals surface area contributed by atoms with Gasteiger partial charge in [-0.2, -0.15) is 0 Å². The third-order valence-corrected chi connectivity index (χ3v) is 8.54. The number of allylic oxidation sites excluding steroid dienone is 2. The van der Waals surface area contributed by atoms with Crippen LogP contribution in [-0.4, -0.2) is 0 Å². The van der Waals surface area contributed by atoms with E-state index in [0.717, 1.165) is 55.6 Å². The van der Waals surface area contributed by atoms with E-state index in [-0.39, 0.29) is 11.4 Å². The van der Waals surface area contributed by atoms with Crippen molar-refractivity contribution in [2.75, 3.05) is 0 Å². The van der Waals surface area contributed by atoms with E-state index < -0.39 is 11.6 Å². The van der Waals surface area contributed by atoms with Crippen LogP contribution in [0.3, 0.4) is 0 Å². The largest absolute Gasteiger partial charge is 0.206 e. The minimum atomic E-state index is -0.809. The minimum absolute atomic E-state index is 0.237. The molecule has 0 fully saturated rings. The first-order valence-electron chi connectivity index (χ1n) is 15.6. The zero-order valence-corrected chi connectivity index (χ0v) is 24.4. The molecule has 0 aliphatic heterocycles. The van der Waals surface area contributed by atoms with Crippen LogP contribution in [0.2, 0.25) is 0 Å². The van der Waals surface area contributed by atoms with Crippen molar-refractivity contribution in [3.05, 3.63) is 89.3 Å². The van der Waals surface area contributed by atoms with Crippen molar-refractivity contribution in [3.63, 3.8) is 0 Å². The number of halogens is 3. The molecule has 0 aromatic heterocycles. The molecule has 0 saturated heterocycles. The lowest BCUT2D eigenvalue weighted by Gasteiger charge is -2.22. The predicted molar refractivity (Wildman–Crippen MR) is 164 cm³/mol. The normalized spacial score (nSPS) is 15.3. The second kappa shape index (κ2) is 15.3. The van der Waals surface area contributed by atoms with Crippen molar-refractivity contribution in [2.45, 2.75) is 104 Å². The second-order valence-electron chi connectivity index (χ2n) is 11.6.